The summed E-state index contributed by atoms with van der Waals surface area (Å²) < 4.78 is 28.9. The van der Waals surface area contributed by atoms with Gasteiger partial charge < -0.3 is 19.3 Å². The van der Waals surface area contributed by atoms with Crippen LogP contribution < -0.4 is 14.2 Å². The van der Waals surface area contributed by atoms with Crippen molar-refractivity contribution < 1.29 is 23.7 Å². The third-order valence-electron chi connectivity index (χ3n) is 2.25. The van der Waals surface area contributed by atoms with Gasteiger partial charge in [0, 0.05) is 24.7 Å². The average Bonchev–Trinajstić information content (AvgIpc) is 2.31. The highest BCUT2D eigenvalue weighted by molar-refractivity contribution is 5.53. The molecule has 0 aliphatic heterocycles. The van der Waals surface area contributed by atoms with Crippen LogP contribution in [0.15, 0.2) is 6.07 Å². The number of ether oxygens (including phenoxy) is 3. The lowest BCUT2D eigenvalue weighted by molar-refractivity contribution is 0.289. The van der Waals surface area contributed by atoms with Crippen LogP contribution in [-0.4, -0.2) is 33.0 Å². The van der Waals surface area contributed by atoms with Crippen LogP contribution in [0.1, 0.15) is 5.56 Å². The molecule has 0 spiro atoms. The van der Waals surface area contributed by atoms with E-state index in [2.05, 4.69) is 0 Å². The molecule has 0 aromatic heterocycles. The second kappa shape index (κ2) is 5.55. The summed E-state index contributed by atoms with van der Waals surface area (Å²) in [5, 5.41) is 8.89. The number of rotatable bonds is 5. The molecule has 0 amide bonds. The summed E-state index contributed by atoms with van der Waals surface area (Å²) in [6, 6.07) is 1.41. The Kier molecular flexibility index (Phi) is 4.37. The molecule has 0 saturated carbocycles. The monoisotopic (exact) mass is 230 g/mol. The molecule has 1 aromatic carbocycles. The van der Waals surface area contributed by atoms with E-state index in [-0.39, 0.29) is 30.1 Å². The summed E-state index contributed by atoms with van der Waals surface area (Å²) in [6.07, 6.45) is 0.141. The lowest BCUT2D eigenvalue weighted by Gasteiger charge is -2.15. The molecule has 0 radical (unpaired) electrons. The SMILES string of the molecule is COc1cc(OC)c(OC)c(CCO)c1F. The van der Waals surface area contributed by atoms with Crippen LogP contribution >= 0.6 is 0 Å². The fourth-order valence-corrected chi connectivity index (χ4v) is 1.50. The van der Waals surface area contributed by atoms with Crippen LogP contribution in [0.4, 0.5) is 4.39 Å². The maximum absolute atomic E-state index is 13.9. The molecular formula is C11H15FO4. The maximum Gasteiger partial charge on any atom is 0.172 e. The zero-order chi connectivity index (χ0) is 12.1. The Morgan fingerprint density at radius 3 is 2.19 bits per heavy atom. The van der Waals surface area contributed by atoms with Crippen LogP contribution in [0.3, 0.4) is 0 Å². The first-order chi connectivity index (χ1) is 7.69. The predicted molar refractivity (Wildman–Crippen MR) is 56.8 cm³/mol. The first-order valence-corrected chi connectivity index (χ1v) is 4.77. The molecule has 16 heavy (non-hydrogen) atoms. The molecule has 1 rings (SSSR count). The van der Waals surface area contributed by atoms with Gasteiger partial charge in [0.2, 0.25) is 0 Å². The van der Waals surface area contributed by atoms with Gasteiger partial charge in [-0.15, -0.1) is 0 Å². The quantitative estimate of drug-likeness (QED) is 0.830. The molecule has 0 fully saturated rings. The van der Waals surface area contributed by atoms with E-state index in [0.717, 1.165) is 0 Å². The van der Waals surface area contributed by atoms with Gasteiger partial charge in [-0.25, -0.2) is 4.39 Å². The van der Waals surface area contributed by atoms with E-state index in [1.165, 1.54) is 27.4 Å². The van der Waals surface area contributed by atoms with E-state index in [0.29, 0.717) is 5.75 Å². The van der Waals surface area contributed by atoms with Crippen LogP contribution in [0, 0.1) is 5.82 Å². The highest BCUT2D eigenvalue weighted by Crippen LogP contribution is 2.38. The zero-order valence-corrected chi connectivity index (χ0v) is 9.54. The largest absolute Gasteiger partial charge is 0.494 e. The minimum Gasteiger partial charge on any atom is -0.494 e. The van der Waals surface area contributed by atoms with Gasteiger partial charge in [-0.1, -0.05) is 0 Å². The lowest BCUT2D eigenvalue weighted by Crippen LogP contribution is -2.04. The third-order valence-corrected chi connectivity index (χ3v) is 2.25. The van der Waals surface area contributed by atoms with Crippen molar-refractivity contribution in [1.82, 2.24) is 0 Å². The standard InChI is InChI=1S/C11H15FO4/c1-14-8-6-9(15-2)11(16-3)7(4-5-13)10(8)12/h6,13H,4-5H2,1-3H3. The number of benzene rings is 1. The van der Waals surface area contributed by atoms with Gasteiger partial charge >= 0.3 is 0 Å². The molecule has 0 bridgehead atoms. The van der Waals surface area contributed by atoms with Gasteiger partial charge in [0.15, 0.2) is 23.1 Å². The third kappa shape index (κ3) is 2.19. The number of hydrogen-bond acceptors (Lipinski definition) is 4. The van der Waals surface area contributed by atoms with Gasteiger partial charge in [-0.05, 0) is 0 Å². The van der Waals surface area contributed by atoms with E-state index in [1.807, 2.05) is 0 Å². The van der Waals surface area contributed by atoms with Gasteiger partial charge in [0.05, 0.1) is 21.3 Å². The van der Waals surface area contributed by atoms with Crippen molar-refractivity contribution in [3.8, 4) is 17.2 Å². The molecule has 0 saturated heterocycles. The average molecular weight is 230 g/mol. The van der Waals surface area contributed by atoms with Crippen molar-refractivity contribution in [2.45, 2.75) is 6.42 Å². The van der Waals surface area contributed by atoms with E-state index in [9.17, 15) is 4.39 Å². The Labute approximate surface area is 93.6 Å². The van der Waals surface area contributed by atoms with Crippen LogP contribution in [0.25, 0.3) is 0 Å². The molecule has 0 aliphatic carbocycles. The number of aliphatic hydroxyl groups excluding tert-OH is 1. The summed E-state index contributed by atoms with van der Waals surface area (Å²) in [6.45, 7) is -0.177. The Morgan fingerprint density at radius 2 is 1.75 bits per heavy atom. The van der Waals surface area contributed by atoms with Crippen molar-refractivity contribution in [2.24, 2.45) is 0 Å². The molecule has 0 heterocycles. The molecule has 90 valence electrons. The number of methoxy groups -OCH3 is 3. The fourth-order valence-electron chi connectivity index (χ4n) is 1.50. The van der Waals surface area contributed by atoms with Crippen molar-refractivity contribution in [3.63, 3.8) is 0 Å². The zero-order valence-electron chi connectivity index (χ0n) is 9.54. The minimum atomic E-state index is -0.533. The normalized spacial score (nSPS) is 10.1. The highest BCUT2D eigenvalue weighted by Gasteiger charge is 2.19. The Balaban J connectivity index is 3.38. The van der Waals surface area contributed by atoms with Gasteiger partial charge in [-0.2, -0.15) is 0 Å². The van der Waals surface area contributed by atoms with E-state index in [1.54, 1.807) is 0 Å². The Hall–Kier alpha value is -1.49. The van der Waals surface area contributed by atoms with Gasteiger partial charge in [-0.3, -0.25) is 0 Å². The molecule has 1 N–H and O–H groups in total. The Bertz CT molecular complexity index is 365. The first kappa shape index (κ1) is 12.6. The van der Waals surface area contributed by atoms with E-state index in [4.69, 9.17) is 19.3 Å². The second-order valence-corrected chi connectivity index (χ2v) is 3.08. The van der Waals surface area contributed by atoms with E-state index < -0.39 is 5.82 Å². The van der Waals surface area contributed by atoms with Gasteiger partial charge in [0.25, 0.3) is 0 Å². The molecule has 4 nitrogen and oxygen atoms in total. The minimum absolute atomic E-state index is 0.0705. The summed E-state index contributed by atoms with van der Waals surface area (Å²) in [4.78, 5) is 0. The predicted octanol–water partition coefficient (Wildman–Crippen LogP) is 1.39. The van der Waals surface area contributed by atoms with Crippen molar-refractivity contribution in [2.75, 3.05) is 27.9 Å². The molecule has 1 aromatic rings. The van der Waals surface area contributed by atoms with Crippen molar-refractivity contribution >= 4 is 0 Å². The summed E-state index contributed by atoms with van der Waals surface area (Å²) in [5.74, 6) is 0.203. The fraction of sp³-hybridized carbons (Fsp3) is 0.455. The molecule has 0 atom stereocenters. The smallest absolute Gasteiger partial charge is 0.172 e. The number of halogens is 1. The molecule has 5 heteroatoms. The van der Waals surface area contributed by atoms with Gasteiger partial charge in [0.1, 0.15) is 0 Å². The van der Waals surface area contributed by atoms with Crippen LogP contribution in [0.5, 0.6) is 17.2 Å². The lowest BCUT2D eigenvalue weighted by atomic mass is 10.1. The summed E-state index contributed by atoms with van der Waals surface area (Å²) >= 11 is 0. The summed E-state index contributed by atoms with van der Waals surface area (Å²) in [5.41, 5.74) is 0.251. The second-order valence-electron chi connectivity index (χ2n) is 3.08. The van der Waals surface area contributed by atoms with E-state index >= 15 is 0 Å². The van der Waals surface area contributed by atoms with Crippen LogP contribution in [0.2, 0.25) is 0 Å². The van der Waals surface area contributed by atoms with Crippen molar-refractivity contribution in [3.05, 3.63) is 17.4 Å². The first-order valence-electron chi connectivity index (χ1n) is 4.77. The van der Waals surface area contributed by atoms with Crippen molar-refractivity contribution in [1.29, 1.82) is 0 Å². The number of hydrogen-bond donors (Lipinski definition) is 1. The molecular weight excluding hydrogens is 215 g/mol. The molecule has 0 unspecified atom stereocenters. The Morgan fingerprint density at radius 1 is 1.12 bits per heavy atom. The van der Waals surface area contributed by atoms with Crippen LogP contribution in [-0.2, 0) is 6.42 Å². The highest BCUT2D eigenvalue weighted by atomic mass is 19.1. The number of aliphatic hydroxyl groups is 1. The molecule has 0 aliphatic rings. The summed E-state index contributed by atoms with van der Waals surface area (Å²) in [7, 11) is 4.25. The topological polar surface area (TPSA) is 47.9 Å². The maximum atomic E-state index is 13.9.